The Morgan fingerprint density at radius 2 is 2.19 bits per heavy atom. The zero-order chi connectivity index (χ0) is 12.3. The maximum atomic E-state index is 13.1. The molecule has 2 N–H and O–H groups in total. The lowest BCUT2D eigenvalue weighted by Gasteiger charge is -2.21. The zero-order valence-electron chi connectivity index (χ0n) is 9.05. The van der Waals surface area contributed by atoms with Gasteiger partial charge in [0.2, 0.25) is 0 Å². The summed E-state index contributed by atoms with van der Waals surface area (Å²) in [4.78, 5) is 10.8. The van der Waals surface area contributed by atoms with Crippen LogP contribution < -0.4 is 5.32 Å². The fourth-order valence-corrected chi connectivity index (χ4v) is 1.27. The standard InChI is InChI=1S/C11H13ClFNO2/c1-11(2,10(15)16)14-6-7-4-3-5-8(13)9(7)12/h3-5,14H,6H2,1-2H3,(H,15,16). The van der Waals surface area contributed by atoms with E-state index in [-0.39, 0.29) is 11.6 Å². The van der Waals surface area contributed by atoms with Gasteiger partial charge in [-0.2, -0.15) is 0 Å². The third kappa shape index (κ3) is 2.93. The number of carbonyl (C=O) groups is 1. The van der Waals surface area contributed by atoms with Crippen LogP contribution in [-0.2, 0) is 11.3 Å². The van der Waals surface area contributed by atoms with Crippen molar-refractivity contribution in [2.24, 2.45) is 0 Å². The molecule has 1 aromatic carbocycles. The van der Waals surface area contributed by atoms with Crippen molar-refractivity contribution < 1.29 is 14.3 Å². The lowest BCUT2D eigenvalue weighted by Crippen LogP contribution is -2.46. The van der Waals surface area contributed by atoms with Crippen molar-refractivity contribution in [3.63, 3.8) is 0 Å². The van der Waals surface area contributed by atoms with Crippen molar-refractivity contribution in [2.45, 2.75) is 25.9 Å². The summed E-state index contributed by atoms with van der Waals surface area (Å²) < 4.78 is 13.1. The van der Waals surface area contributed by atoms with E-state index in [9.17, 15) is 9.18 Å². The Balaban J connectivity index is 2.76. The number of carboxylic acids is 1. The van der Waals surface area contributed by atoms with E-state index in [0.717, 1.165) is 0 Å². The molecule has 0 amide bonds. The van der Waals surface area contributed by atoms with Crippen molar-refractivity contribution in [1.29, 1.82) is 0 Å². The summed E-state index contributed by atoms with van der Waals surface area (Å²) in [5.74, 6) is -1.48. The lowest BCUT2D eigenvalue weighted by atomic mass is 10.1. The maximum Gasteiger partial charge on any atom is 0.323 e. The van der Waals surface area contributed by atoms with E-state index in [2.05, 4.69) is 5.32 Å². The Kier molecular flexibility index (Phi) is 3.88. The molecule has 5 heteroatoms. The van der Waals surface area contributed by atoms with E-state index < -0.39 is 17.3 Å². The molecule has 1 rings (SSSR count). The van der Waals surface area contributed by atoms with Crippen LogP contribution in [-0.4, -0.2) is 16.6 Å². The number of rotatable bonds is 4. The fraction of sp³-hybridized carbons (Fsp3) is 0.364. The second kappa shape index (κ2) is 4.80. The second-order valence-electron chi connectivity index (χ2n) is 4.00. The number of nitrogens with one attached hydrogen (secondary N) is 1. The second-order valence-corrected chi connectivity index (χ2v) is 4.37. The van der Waals surface area contributed by atoms with E-state index in [1.54, 1.807) is 6.07 Å². The maximum absolute atomic E-state index is 13.1. The van der Waals surface area contributed by atoms with Crippen LogP contribution in [0.1, 0.15) is 19.4 Å². The van der Waals surface area contributed by atoms with Crippen molar-refractivity contribution in [2.75, 3.05) is 0 Å². The Hall–Kier alpha value is -1.13. The van der Waals surface area contributed by atoms with E-state index in [0.29, 0.717) is 5.56 Å². The molecule has 0 radical (unpaired) electrons. The molecule has 0 aliphatic heterocycles. The molecule has 0 heterocycles. The van der Waals surface area contributed by atoms with Crippen molar-refractivity contribution >= 4 is 17.6 Å². The molecular formula is C11H13ClFNO2. The number of aliphatic carboxylic acids is 1. The van der Waals surface area contributed by atoms with Crippen molar-refractivity contribution in [1.82, 2.24) is 5.32 Å². The molecule has 0 atom stereocenters. The summed E-state index contributed by atoms with van der Waals surface area (Å²) in [5.41, 5.74) is -0.536. The molecule has 0 spiro atoms. The monoisotopic (exact) mass is 245 g/mol. The third-order valence-corrected chi connectivity index (χ3v) is 2.71. The average Bonchev–Trinajstić information content (AvgIpc) is 2.20. The van der Waals surface area contributed by atoms with Gasteiger partial charge in [-0.1, -0.05) is 23.7 Å². The molecule has 0 bridgehead atoms. The molecule has 0 unspecified atom stereocenters. The summed E-state index contributed by atoms with van der Waals surface area (Å²) >= 11 is 5.74. The summed E-state index contributed by atoms with van der Waals surface area (Å²) in [6.07, 6.45) is 0. The van der Waals surface area contributed by atoms with Gasteiger partial charge in [0.05, 0.1) is 5.02 Å². The van der Waals surface area contributed by atoms with Crippen LogP contribution in [0.3, 0.4) is 0 Å². The minimum atomic E-state index is -1.07. The van der Waals surface area contributed by atoms with E-state index >= 15 is 0 Å². The van der Waals surface area contributed by atoms with Gasteiger partial charge in [-0.3, -0.25) is 10.1 Å². The quantitative estimate of drug-likeness (QED) is 0.857. The van der Waals surface area contributed by atoms with Gasteiger partial charge in [0.1, 0.15) is 11.4 Å². The molecule has 0 aromatic heterocycles. The molecule has 0 saturated heterocycles. The molecule has 16 heavy (non-hydrogen) atoms. The molecule has 0 fully saturated rings. The van der Waals surface area contributed by atoms with Crippen LogP contribution in [0.25, 0.3) is 0 Å². The number of hydrogen-bond donors (Lipinski definition) is 2. The van der Waals surface area contributed by atoms with Gasteiger partial charge in [-0.25, -0.2) is 4.39 Å². The Labute approximate surface area is 98.2 Å². The van der Waals surface area contributed by atoms with Gasteiger partial charge in [-0.05, 0) is 25.5 Å². The molecule has 3 nitrogen and oxygen atoms in total. The average molecular weight is 246 g/mol. The highest BCUT2D eigenvalue weighted by Gasteiger charge is 2.26. The Bertz CT molecular complexity index is 407. The fourth-order valence-electron chi connectivity index (χ4n) is 1.08. The number of carboxylic acid groups (broad SMARTS) is 1. The van der Waals surface area contributed by atoms with Crippen LogP contribution in [0.4, 0.5) is 4.39 Å². The molecule has 88 valence electrons. The Morgan fingerprint density at radius 1 is 1.56 bits per heavy atom. The van der Waals surface area contributed by atoms with Gasteiger partial charge in [0, 0.05) is 6.54 Å². The lowest BCUT2D eigenvalue weighted by molar-refractivity contribution is -0.143. The minimum absolute atomic E-state index is 0.0242. The van der Waals surface area contributed by atoms with Crippen LogP contribution >= 0.6 is 11.6 Å². The smallest absolute Gasteiger partial charge is 0.323 e. The normalized spacial score (nSPS) is 11.5. The minimum Gasteiger partial charge on any atom is -0.480 e. The Morgan fingerprint density at radius 3 is 2.75 bits per heavy atom. The summed E-state index contributed by atoms with van der Waals surface area (Å²) in [6.45, 7) is 3.26. The highest BCUT2D eigenvalue weighted by atomic mass is 35.5. The van der Waals surface area contributed by atoms with Gasteiger partial charge in [-0.15, -0.1) is 0 Å². The SMILES string of the molecule is CC(C)(NCc1cccc(F)c1Cl)C(=O)O. The van der Waals surface area contributed by atoms with Gasteiger partial charge < -0.3 is 5.11 Å². The highest BCUT2D eigenvalue weighted by molar-refractivity contribution is 6.31. The summed E-state index contributed by atoms with van der Waals surface area (Å²) in [5, 5.41) is 11.7. The first-order chi connectivity index (χ1) is 7.34. The van der Waals surface area contributed by atoms with Crippen LogP contribution in [0.15, 0.2) is 18.2 Å². The van der Waals surface area contributed by atoms with Crippen LogP contribution in [0.5, 0.6) is 0 Å². The molecule has 0 aliphatic carbocycles. The van der Waals surface area contributed by atoms with Gasteiger partial charge in [0.15, 0.2) is 0 Å². The first-order valence-electron chi connectivity index (χ1n) is 4.76. The first-order valence-corrected chi connectivity index (χ1v) is 5.13. The van der Waals surface area contributed by atoms with E-state index in [1.807, 2.05) is 0 Å². The highest BCUT2D eigenvalue weighted by Crippen LogP contribution is 2.20. The first kappa shape index (κ1) is 12.9. The van der Waals surface area contributed by atoms with Crippen molar-refractivity contribution in [3.05, 3.63) is 34.6 Å². The van der Waals surface area contributed by atoms with Crippen LogP contribution in [0.2, 0.25) is 5.02 Å². The van der Waals surface area contributed by atoms with Crippen LogP contribution in [0, 0.1) is 5.82 Å². The number of halogens is 2. The number of hydrogen-bond acceptors (Lipinski definition) is 2. The zero-order valence-corrected chi connectivity index (χ0v) is 9.81. The predicted octanol–water partition coefficient (Wildman–Crippen LogP) is 2.43. The van der Waals surface area contributed by atoms with E-state index in [1.165, 1.54) is 26.0 Å². The van der Waals surface area contributed by atoms with Gasteiger partial charge >= 0.3 is 5.97 Å². The summed E-state index contributed by atoms with van der Waals surface area (Å²) in [6, 6.07) is 4.44. The van der Waals surface area contributed by atoms with E-state index in [4.69, 9.17) is 16.7 Å². The summed E-state index contributed by atoms with van der Waals surface area (Å²) in [7, 11) is 0. The molecule has 0 saturated carbocycles. The predicted molar refractivity (Wildman–Crippen MR) is 60.0 cm³/mol. The number of benzene rings is 1. The van der Waals surface area contributed by atoms with Gasteiger partial charge in [0.25, 0.3) is 0 Å². The van der Waals surface area contributed by atoms with Crippen molar-refractivity contribution in [3.8, 4) is 0 Å². The molecule has 1 aromatic rings. The third-order valence-electron chi connectivity index (χ3n) is 2.29. The molecular weight excluding hydrogens is 233 g/mol. The molecule has 0 aliphatic rings. The topological polar surface area (TPSA) is 49.3 Å². The largest absolute Gasteiger partial charge is 0.480 e.